The minimum absolute atomic E-state index is 0.248. The van der Waals surface area contributed by atoms with E-state index in [4.69, 9.17) is 33.3 Å². The maximum absolute atomic E-state index is 11.7. The van der Waals surface area contributed by atoms with Gasteiger partial charge in [-0.1, -0.05) is 40.5 Å². The molecule has 0 saturated heterocycles. The standard InChI is InChI=1S/C16H11Cl2N3O2/c17-13-4-1-11(2-5-13)9-20-23-10-16(22)21-14-6-3-12(8-19)15(18)7-14/h1-7,9H,10H2,(H,21,22)/b20-9+. The first-order chi connectivity index (χ1) is 11.1. The maximum atomic E-state index is 11.7. The lowest BCUT2D eigenvalue weighted by atomic mass is 10.2. The predicted molar refractivity (Wildman–Crippen MR) is 89.8 cm³/mol. The van der Waals surface area contributed by atoms with Gasteiger partial charge in [-0.2, -0.15) is 5.26 Å². The van der Waals surface area contributed by atoms with Crippen molar-refractivity contribution in [2.24, 2.45) is 5.16 Å². The van der Waals surface area contributed by atoms with Gasteiger partial charge in [-0.15, -0.1) is 0 Å². The molecule has 0 bridgehead atoms. The van der Waals surface area contributed by atoms with Gasteiger partial charge < -0.3 is 10.2 Å². The number of hydrogen-bond donors (Lipinski definition) is 1. The molecule has 0 aromatic heterocycles. The molecule has 0 spiro atoms. The average molecular weight is 348 g/mol. The second-order valence-corrected chi connectivity index (χ2v) is 5.26. The lowest BCUT2D eigenvalue weighted by molar-refractivity contribution is -0.120. The fourth-order valence-electron chi connectivity index (χ4n) is 1.62. The van der Waals surface area contributed by atoms with E-state index >= 15 is 0 Å². The summed E-state index contributed by atoms with van der Waals surface area (Å²) in [5.74, 6) is -0.390. The van der Waals surface area contributed by atoms with Gasteiger partial charge in [0.1, 0.15) is 6.07 Å². The van der Waals surface area contributed by atoms with Gasteiger partial charge in [0.15, 0.2) is 6.61 Å². The maximum Gasteiger partial charge on any atom is 0.265 e. The SMILES string of the molecule is N#Cc1ccc(NC(=O)CO/N=C/c2ccc(Cl)cc2)cc1Cl. The van der Waals surface area contributed by atoms with Crippen LogP contribution in [0.1, 0.15) is 11.1 Å². The van der Waals surface area contributed by atoms with Gasteiger partial charge in [0.2, 0.25) is 0 Å². The van der Waals surface area contributed by atoms with Gasteiger partial charge in [0, 0.05) is 10.7 Å². The van der Waals surface area contributed by atoms with Crippen molar-refractivity contribution in [3.05, 3.63) is 63.6 Å². The lowest BCUT2D eigenvalue weighted by Gasteiger charge is -2.05. The smallest absolute Gasteiger partial charge is 0.265 e. The molecule has 1 N–H and O–H groups in total. The Bertz CT molecular complexity index is 768. The van der Waals surface area contributed by atoms with Crippen LogP contribution in [0.4, 0.5) is 5.69 Å². The molecule has 7 heteroatoms. The van der Waals surface area contributed by atoms with Gasteiger partial charge >= 0.3 is 0 Å². The number of oxime groups is 1. The van der Waals surface area contributed by atoms with Crippen LogP contribution in [0.3, 0.4) is 0 Å². The zero-order valence-corrected chi connectivity index (χ0v) is 13.3. The van der Waals surface area contributed by atoms with Crippen LogP contribution in [0.15, 0.2) is 47.6 Å². The Labute approximate surface area is 143 Å². The van der Waals surface area contributed by atoms with E-state index in [2.05, 4.69) is 10.5 Å². The van der Waals surface area contributed by atoms with Crippen LogP contribution in [0, 0.1) is 11.3 Å². The lowest BCUT2D eigenvalue weighted by Crippen LogP contribution is -2.17. The normalized spacial score (nSPS) is 10.3. The first-order valence-electron chi connectivity index (χ1n) is 6.49. The van der Waals surface area contributed by atoms with Crippen molar-refractivity contribution in [2.75, 3.05) is 11.9 Å². The number of hydrogen-bond acceptors (Lipinski definition) is 4. The average Bonchev–Trinajstić information content (AvgIpc) is 2.53. The van der Waals surface area contributed by atoms with E-state index in [9.17, 15) is 4.79 Å². The minimum atomic E-state index is -0.390. The summed E-state index contributed by atoms with van der Waals surface area (Å²) >= 11 is 11.6. The van der Waals surface area contributed by atoms with E-state index in [1.807, 2.05) is 6.07 Å². The third kappa shape index (κ3) is 5.29. The van der Waals surface area contributed by atoms with E-state index in [1.165, 1.54) is 18.3 Å². The van der Waals surface area contributed by atoms with E-state index in [-0.39, 0.29) is 17.5 Å². The van der Waals surface area contributed by atoms with Gasteiger partial charge in [0.25, 0.3) is 5.91 Å². The Balaban J connectivity index is 1.82. The first-order valence-corrected chi connectivity index (χ1v) is 7.24. The number of amides is 1. The van der Waals surface area contributed by atoms with Crippen LogP contribution >= 0.6 is 23.2 Å². The summed E-state index contributed by atoms with van der Waals surface area (Å²) in [6.07, 6.45) is 1.47. The highest BCUT2D eigenvalue weighted by molar-refractivity contribution is 6.32. The third-order valence-electron chi connectivity index (χ3n) is 2.72. The molecule has 0 fully saturated rings. The summed E-state index contributed by atoms with van der Waals surface area (Å²) < 4.78 is 0. The molecule has 0 atom stereocenters. The molecule has 1 amide bonds. The number of halogens is 2. The first kappa shape index (κ1) is 16.8. The summed E-state index contributed by atoms with van der Waals surface area (Å²) in [7, 11) is 0. The summed E-state index contributed by atoms with van der Waals surface area (Å²) in [6, 6.07) is 13.5. The highest BCUT2D eigenvalue weighted by Gasteiger charge is 2.05. The highest BCUT2D eigenvalue weighted by Crippen LogP contribution is 2.20. The van der Waals surface area contributed by atoms with Crippen LogP contribution in [0.2, 0.25) is 10.0 Å². The molecular weight excluding hydrogens is 337 g/mol. The number of nitriles is 1. The van der Waals surface area contributed by atoms with E-state index in [1.54, 1.807) is 30.3 Å². The van der Waals surface area contributed by atoms with Crippen LogP contribution in [0.5, 0.6) is 0 Å². The number of carbonyl (C=O) groups is 1. The number of benzene rings is 2. The molecule has 2 rings (SSSR count). The third-order valence-corrected chi connectivity index (χ3v) is 3.28. The molecule has 5 nitrogen and oxygen atoms in total. The van der Waals surface area contributed by atoms with Crippen molar-refractivity contribution in [2.45, 2.75) is 0 Å². The van der Waals surface area contributed by atoms with Crippen molar-refractivity contribution in [1.82, 2.24) is 0 Å². The molecule has 0 radical (unpaired) electrons. The molecule has 0 aliphatic rings. The summed E-state index contributed by atoms with van der Waals surface area (Å²) in [4.78, 5) is 16.6. The zero-order valence-electron chi connectivity index (χ0n) is 11.8. The van der Waals surface area contributed by atoms with E-state index < -0.39 is 0 Å². The Morgan fingerprint density at radius 3 is 2.65 bits per heavy atom. The van der Waals surface area contributed by atoms with Crippen molar-refractivity contribution in [3.8, 4) is 6.07 Å². The molecular formula is C16H11Cl2N3O2. The summed E-state index contributed by atoms with van der Waals surface area (Å²) in [5.41, 5.74) is 1.62. The van der Waals surface area contributed by atoms with E-state index in [0.717, 1.165) is 5.56 Å². The van der Waals surface area contributed by atoms with Crippen LogP contribution in [-0.4, -0.2) is 18.7 Å². The van der Waals surface area contributed by atoms with Crippen molar-refractivity contribution in [3.63, 3.8) is 0 Å². The topological polar surface area (TPSA) is 74.5 Å². The van der Waals surface area contributed by atoms with Gasteiger partial charge in [-0.3, -0.25) is 4.79 Å². The zero-order chi connectivity index (χ0) is 16.7. The van der Waals surface area contributed by atoms with E-state index in [0.29, 0.717) is 16.3 Å². The molecule has 116 valence electrons. The fourth-order valence-corrected chi connectivity index (χ4v) is 1.97. The molecule has 2 aromatic rings. The monoisotopic (exact) mass is 347 g/mol. The van der Waals surface area contributed by atoms with Crippen LogP contribution < -0.4 is 5.32 Å². The Hall–Kier alpha value is -2.55. The Kier molecular flexibility index (Phi) is 5.98. The fraction of sp³-hybridized carbons (Fsp3) is 0.0625. The summed E-state index contributed by atoms with van der Waals surface area (Å²) in [6.45, 7) is -0.248. The molecule has 0 heterocycles. The van der Waals surface area contributed by atoms with Gasteiger partial charge in [0.05, 0.1) is 16.8 Å². The largest absolute Gasteiger partial charge is 0.386 e. The minimum Gasteiger partial charge on any atom is -0.386 e. The van der Waals surface area contributed by atoms with Crippen LogP contribution in [-0.2, 0) is 9.63 Å². The number of nitrogens with zero attached hydrogens (tertiary/aromatic N) is 2. The highest BCUT2D eigenvalue weighted by atomic mass is 35.5. The number of rotatable bonds is 5. The quantitative estimate of drug-likeness (QED) is 0.659. The molecule has 0 unspecified atom stereocenters. The second-order valence-electron chi connectivity index (χ2n) is 4.41. The van der Waals surface area contributed by atoms with Gasteiger partial charge in [-0.05, 0) is 35.9 Å². The molecule has 23 heavy (non-hydrogen) atoms. The van der Waals surface area contributed by atoms with Crippen molar-refractivity contribution >= 4 is 41.0 Å². The molecule has 0 aliphatic carbocycles. The number of carbonyl (C=O) groups excluding carboxylic acids is 1. The van der Waals surface area contributed by atoms with Crippen molar-refractivity contribution < 1.29 is 9.63 Å². The van der Waals surface area contributed by atoms with Crippen LogP contribution in [0.25, 0.3) is 0 Å². The van der Waals surface area contributed by atoms with Crippen molar-refractivity contribution in [1.29, 1.82) is 5.26 Å². The predicted octanol–water partition coefficient (Wildman–Crippen LogP) is 3.85. The molecule has 0 saturated carbocycles. The molecule has 0 aliphatic heterocycles. The van der Waals surface area contributed by atoms with Gasteiger partial charge in [-0.25, -0.2) is 0 Å². The Morgan fingerprint density at radius 2 is 2.00 bits per heavy atom. The number of anilines is 1. The number of nitrogens with one attached hydrogen (secondary N) is 1. The molecule has 2 aromatic carbocycles. The Morgan fingerprint density at radius 1 is 1.26 bits per heavy atom. The summed E-state index contributed by atoms with van der Waals surface area (Å²) in [5, 5.41) is 16.0. The second kappa shape index (κ2) is 8.18.